The normalized spacial score (nSPS) is 12.5. The zero-order valence-corrected chi connectivity index (χ0v) is 24.7. The van der Waals surface area contributed by atoms with Gasteiger partial charge < -0.3 is 10.2 Å². The number of hydrogen-bond acceptors (Lipinski definition) is 4. The second-order valence-electron chi connectivity index (χ2n) is 10.1. The quantitative estimate of drug-likeness (QED) is 0.318. The third kappa shape index (κ3) is 7.75. The molecule has 7 nitrogen and oxygen atoms in total. The first kappa shape index (κ1) is 30.5. The molecule has 3 rings (SSSR count). The Morgan fingerprint density at radius 1 is 0.897 bits per heavy atom. The topological polar surface area (TPSA) is 86.8 Å². The molecule has 0 saturated carbocycles. The second kappa shape index (κ2) is 12.9. The maximum absolute atomic E-state index is 14.0. The van der Waals surface area contributed by atoms with Gasteiger partial charge in [0.15, 0.2) is 0 Å². The van der Waals surface area contributed by atoms with Crippen LogP contribution in [0, 0.1) is 0 Å². The maximum atomic E-state index is 14.0. The van der Waals surface area contributed by atoms with Crippen LogP contribution in [-0.2, 0) is 26.2 Å². The Hall–Kier alpha value is -3.07. The van der Waals surface area contributed by atoms with Crippen LogP contribution in [-0.4, -0.2) is 43.3 Å². The van der Waals surface area contributed by atoms with Crippen LogP contribution < -0.4 is 9.62 Å². The van der Waals surface area contributed by atoms with Crippen molar-refractivity contribution in [2.75, 3.05) is 10.8 Å². The van der Waals surface area contributed by atoms with Crippen molar-refractivity contribution in [1.82, 2.24) is 10.2 Å². The van der Waals surface area contributed by atoms with Crippen molar-refractivity contribution in [3.8, 4) is 0 Å². The number of carbonyl (C=O) groups excluding carboxylic acids is 2. The van der Waals surface area contributed by atoms with Crippen LogP contribution in [0.5, 0.6) is 0 Å². The van der Waals surface area contributed by atoms with E-state index in [1.54, 1.807) is 24.3 Å². The van der Waals surface area contributed by atoms with Gasteiger partial charge in [-0.05, 0) is 57.0 Å². The molecule has 0 unspecified atom stereocenters. The fourth-order valence-corrected chi connectivity index (χ4v) is 5.97. The van der Waals surface area contributed by atoms with Gasteiger partial charge in [0.2, 0.25) is 11.8 Å². The summed E-state index contributed by atoms with van der Waals surface area (Å²) in [7, 11) is -4.23. The molecule has 0 saturated heterocycles. The monoisotopic (exact) mass is 589 g/mol. The highest BCUT2D eigenvalue weighted by atomic mass is 35.5. The number of halogens is 2. The van der Waals surface area contributed by atoms with Crippen molar-refractivity contribution in [2.24, 2.45) is 0 Å². The number of sulfonamides is 1. The van der Waals surface area contributed by atoms with E-state index in [0.717, 1.165) is 9.87 Å². The summed E-state index contributed by atoms with van der Waals surface area (Å²) in [4.78, 5) is 28.8. The van der Waals surface area contributed by atoms with Gasteiger partial charge >= 0.3 is 0 Å². The van der Waals surface area contributed by atoms with E-state index < -0.39 is 34.1 Å². The van der Waals surface area contributed by atoms with Crippen molar-refractivity contribution >= 4 is 50.7 Å². The lowest BCUT2D eigenvalue weighted by Gasteiger charge is -2.35. The number of nitrogens with zero attached hydrogens (tertiary/aromatic N) is 2. The molecular formula is C29H33Cl2N3O4S. The van der Waals surface area contributed by atoms with Crippen LogP contribution in [0.1, 0.15) is 39.7 Å². The average Bonchev–Trinajstić information content (AvgIpc) is 2.89. The second-order valence-corrected chi connectivity index (χ2v) is 12.7. The Morgan fingerprint density at radius 3 is 2.05 bits per heavy atom. The van der Waals surface area contributed by atoms with E-state index in [2.05, 4.69) is 5.32 Å². The van der Waals surface area contributed by atoms with Crippen LogP contribution >= 0.6 is 23.2 Å². The van der Waals surface area contributed by atoms with E-state index >= 15 is 0 Å². The highest BCUT2D eigenvalue weighted by Gasteiger charge is 2.35. The minimum absolute atomic E-state index is 0.00130. The number of carbonyl (C=O) groups is 2. The smallest absolute Gasteiger partial charge is 0.264 e. The van der Waals surface area contributed by atoms with E-state index in [-0.39, 0.29) is 33.1 Å². The van der Waals surface area contributed by atoms with Crippen LogP contribution in [0.3, 0.4) is 0 Å². The fraction of sp³-hybridized carbons (Fsp3) is 0.310. The zero-order chi connectivity index (χ0) is 28.8. The minimum atomic E-state index is -4.23. The van der Waals surface area contributed by atoms with Gasteiger partial charge in [-0.15, -0.1) is 0 Å². The average molecular weight is 591 g/mol. The van der Waals surface area contributed by atoms with Gasteiger partial charge in [0.05, 0.1) is 20.6 Å². The Balaban J connectivity index is 2.09. The number of rotatable bonds is 10. The number of amides is 2. The van der Waals surface area contributed by atoms with E-state index in [0.29, 0.717) is 6.42 Å². The van der Waals surface area contributed by atoms with Gasteiger partial charge in [0.25, 0.3) is 10.0 Å². The SMILES string of the molecule is CC[C@@H](C(=O)NC(C)(C)C)N(Cc1ccccc1)C(=O)CN(c1cccc(Cl)c1Cl)S(=O)(=O)c1ccccc1. The summed E-state index contributed by atoms with van der Waals surface area (Å²) in [5, 5.41) is 3.09. The van der Waals surface area contributed by atoms with Gasteiger partial charge in [-0.25, -0.2) is 8.42 Å². The van der Waals surface area contributed by atoms with Crippen molar-refractivity contribution in [3.63, 3.8) is 0 Å². The molecule has 208 valence electrons. The predicted molar refractivity (Wildman–Crippen MR) is 156 cm³/mol. The van der Waals surface area contributed by atoms with Crippen molar-refractivity contribution in [2.45, 2.75) is 57.1 Å². The molecule has 2 amide bonds. The van der Waals surface area contributed by atoms with Gasteiger partial charge in [-0.1, -0.05) is 84.7 Å². The molecule has 0 aliphatic rings. The molecule has 0 radical (unpaired) electrons. The van der Waals surface area contributed by atoms with Gasteiger partial charge in [0.1, 0.15) is 12.6 Å². The lowest BCUT2D eigenvalue weighted by atomic mass is 10.1. The van der Waals surface area contributed by atoms with Crippen LogP contribution in [0.4, 0.5) is 5.69 Å². The summed E-state index contributed by atoms with van der Waals surface area (Å²) in [5.41, 5.74) is 0.336. The fourth-order valence-electron chi connectivity index (χ4n) is 4.07. The van der Waals surface area contributed by atoms with Crippen LogP contribution in [0.2, 0.25) is 10.0 Å². The van der Waals surface area contributed by atoms with Gasteiger partial charge in [0, 0.05) is 12.1 Å². The largest absolute Gasteiger partial charge is 0.350 e. The number of nitrogens with one attached hydrogen (secondary N) is 1. The van der Waals surface area contributed by atoms with E-state index in [9.17, 15) is 18.0 Å². The van der Waals surface area contributed by atoms with Gasteiger partial charge in [-0.3, -0.25) is 13.9 Å². The Kier molecular flexibility index (Phi) is 10.0. The minimum Gasteiger partial charge on any atom is -0.350 e. The molecular weight excluding hydrogens is 557 g/mol. The Labute approximate surface area is 240 Å². The third-order valence-electron chi connectivity index (χ3n) is 5.89. The van der Waals surface area contributed by atoms with E-state index in [1.807, 2.05) is 58.0 Å². The summed E-state index contributed by atoms with van der Waals surface area (Å²) in [6.07, 6.45) is 0.323. The lowest BCUT2D eigenvalue weighted by molar-refractivity contribution is -0.141. The summed E-state index contributed by atoms with van der Waals surface area (Å²) >= 11 is 12.7. The highest BCUT2D eigenvalue weighted by Crippen LogP contribution is 2.35. The van der Waals surface area contributed by atoms with E-state index in [1.165, 1.54) is 29.2 Å². The molecule has 10 heteroatoms. The molecule has 0 aliphatic carbocycles. The highest BCUT2D eigenvalue weighted by molar-refractivity contribution is 7.92. The molecule has 3 aromatic carbocycles. The van der Waals surface area contributed by atoms with Crippen molar-refractivity contribution < 1.29 is 18.0 Å². The van der Waals surface area contributed by atoms with Gasteiger partial charge in [-0.2, -0.15) is 0 Å². The lowest BCUT2D eigenvalue weighted by Crippen LogP contribution is -2.55. The standard InChI is InChI=1S/C29H33Cl2N3O4S/c1-5-24(28(36)32-29(2,3)4)33(19-21-13-8-6-9-14-21)26(35)20-34(25-18-12-17-23(30)27(25)31)39(37,38)22-15-10-7-11-16-22/h6-18,24H,5,19-20H2,1-4H3,(H,32,36)/t24-/m0/s1. The molecule has 0 aromatic heterocycles. The number of benzene rings is 3. The first-order valence-corrected chi connectivity index (χ1v) is 14.7. The van der Waals surface area contributed by atoms with Crippen molar-refractivity contribution in [1.29, 1.82) is 0 Å². The molecule has 0 bridgehead atoms. The van der Waals surface area contributed by atoms with Crippen LogP contribution in [0.15, 0.2) is 83.8 Å². The Morgan fingerprint density at radius 2 is 1.49 bits per heavy atom. The number of anilines is 1. The maximum Gasteiger partial charge on any atom is 0.264 e. The summed E-state index contributed by atoms with van der Waals surface area (Å²) < 4.78 is 28.6. The molecule has 1 N–H and O–H groups in total. The third-order valence-corrected chi connectivity index (χ3v) is 8.47. The summed E-state index contributed by atoms with van der Waals surface area (Å²) in [5.74, 6) is -0.891. The van der Waals surface area contributed by atoms with Crippen molar-refractivity contribution in [3.05, 3.63) is 94.5 Å². The molecule has 0 spiro atoms. The predicted octanol–water partition coefficient (Wildman–Crippen LogP) is 5.91. The molecule has 0 aliphatic heterocycles. The molecule has 3 aromatic rings. The first-order valence-electron chi connectivity index (χ1n) is 12.5. The molecule has 0 heterocycles. The zero-order valence-electron chi connectivity index (χ0n) is 22.4. The Bertz CT molecular complexity index is 1400. The first-order chi connectivity index (χ1) is 18.3. The molecule has 0 fully saturated rings. The summed E-state index contributed by atoms with van der Waals surface area (Å²) in [6.45, 7) is 6.90. The van der Waals surface area contributed by atoms with Crippen LogP contribution in [0.25, 0.3) is 0 Å². The number of hydrogen-bond donors (Lipinski definition) is 1. The molecule has 1 atom stereocenters. The summed E-state index contributed by atoms with van der Waals surface area (Å²) in [6, 6.07) is 20.8. The molecule has 39 heavy (non-hydrogen) atoms. The van der Waals surface area contributed by atoms with E-state index in [4.69, 9.17) is 23.2 Å².